The van der Waals surface area contributed by atoms with Gasteiger partial charge < -0.3 is 9.88 Å². The van der Waals surface area contributed by atoms with Crippen molar-refractivity contribution < 1.29 is 4.79 Å². The number of nitrogens with zero attached hydrogens (tertiary/aromatic N) is 3. The molecule has 1 fully saturated rings. The maximum Gasteiger partial charge on any atom is 0.230 e. The second-order valence-electron chi connectivity index (χ2n) is 6.99. The summed E-state index contributed by atoms with van der Waals surface area (Å²) >= 11 is 13.5. The summed E-state index contributed by atoms with van der Waals surface area (Å²) in [6, 6.07) is 15.5. The van der Waals surface area contributed by atoms with E-state index in [-0.39, 0.29) is 11.7 Å². The van der Waals surface area contributed by atoms with E-state index in [1.807, 2.05) is 24.3 Å². The van der Waals surface area contributed by atoms with Crippen LogP contribution in [0, 0.1) is 0 Å². The Morgan fingerprint density at radius 3 is 2.66 bits per heavy atom. The molecule has 5 nitrogen and oxygen atoms in total. The van der Waals surface area contributed by atoms with E-state index in [1.54, 1.807) is 12.1 Å². The molecule has 0 radical (unpaired) electrons. The molecular formula is C21H20Cl2N4OS. The number of halogens is 2. The maximum atomic E-state index is 12.3. The van der Waals surface area contributed by atoms with Crippen molar-refractivity contribution in [1.29, 1.82) is 0 Å². The zero-order valence-corrected chi connectivity index (χ0v) is 18.0. The topological polar surface area (TPSA) is 59.8 Å². The van der Waals surface area contributed by atoms with Crippen LogP contribution in [0.5, 0.6) is 0 Å². The lowest BCUT2D eigenvalue weighted by atomic mass is 10.2. The van der Waals surface area contributed by atoms with Crippen LogP contribution < -0.4 is 5.32 Å². The minimum atomic E-state index is -0.0803. The van der Waals surface area contributed by atoms with Crippen molar-refractivity contribution in [3.8, 4) is 0 Å². The first-order valence-corrected chi connectivity index (χ1v) is 11.1. The molecule has 1 amide bonds. The van der Waals surface area contributed by atoms with Crippen molar-refractivity contribution >= 4 is 40.9 Å². The normalized spacial score (nSPS) is 13.4. The number of rotatable bonds is 8. The molecule has 8 heteroatoms. The molecule has 1 heterocycles. The van der Waals surface area contributed by atoms with Gasteiger partial charge >= 0.3 is 0 Å². The SMILES string of the molecule is O=C(CSc1nnc(C2CC2)n1Cc1ccccc1)NCc1ccc(Cl)cc1Cl. The highest BCUT2D eigenvalue weighted by Crippen LogP contribution is 2.40. The molecule has 0 saturated heterocycles. The van der Waals surface area contributed by atoms with Crippen molar-refractivity contribution in [3.05, 3.63) is 75.5 Å². The highest BCUT2D eigenvalue weighted by Gasteiger charge is 2.30. The largest absolute Gasteiger partial charge is 0.351 e. The van der Waals surface area contributed by atoms with E-state index < -0.39 is 0 Å². The Bertz CT molecular complexity index is 1010. The minimum Gasteiger partial charge on any atom is -0.351 e. The monoisotopic (exact) mass is 446 g/mol. The third-order valence-corrected chi connectivity index (χ3v) is 6.25. The lowest BCUT2D eigenvalue weighted by molar-refractivity contribution is -0.118. The van der Waals surface area contributed by atoms with E-state index >= 15 is 0 Å². The Morgan fingerprint density at radius 1 is 1.14 bits per heavy atom. The van der Waals surface area contributed by atoms with Gasteiger partial charge in [-0.3, -0.25) is 4.79 Å². The molecule has 1 aliphatic carbocycles. The van der Waals surface area contributed by atoms with Crippen molar-refractivity contribution in [2.45, 2.75) is 37.0 Å². The number of nitrogens with one attached hydrogen (secondary N) is 1. The Balaban J connectivity index is 1.38. The van der Waals surface area contributed by atoms with Crippen molar-refractivity contribution in [2.75, 3.05) is 5.75 Å². The fourth-order valence-corrected chi connectivity index (χ4v) is 4.25. The third kappa shape index (κ3) is 5.32. The Labute approximate surface area is 183 Å². The number of aromatic nitrogens is 3. The van der Waals surface area contributed by atoms with Gasteiger partial charge in [0.05, 0.1) is 12.3 Å². The van der Waals surface area contributed by atoms with Crippen LogP contribution in [0.25, 0.3) is 0 Å². The number of hydrogen-bond acceptors (Lipinski definition) is 4. The second-order valence-corrected chi connectivity index (χ2v) is 8.77. The summed E-state index contributed by atoms with van der Waals surface area (Å²) in [5, 5.41) is 13.5. The summed E-state index contributed by atoms with van der Waals surface area (Å²) in [6.45, 7) is 1.07. The van der Waals surface area contributed by atoms with E-state index in [0.29, 0.717) is 29.1 Å². The van der Waals surface area contributed by atoms with Gasteiger partial charge in [-0.05, 0) is 36.1 Å². The van der Waals surface area contributed by atoms with E-state index in [0.717, 1.165) is 29.4 Å². The lowest BCUT2D eigenvalue weighted by Gasteiger charge is -2.10. The molecule has 150 valence electrons. The molecular weight excluding hydrogens is 427 g/mol. The van der Waals surface area contributed by atoms with E-state index in [1.165, 1.54) is 17.3 Å². The van der Waals surface area contributed by atoms with E-state index in [4.69, 9.17) is 23.2 Å². The van der Waals surface area contributed by atoms with E-state index in [9.17, 15) is 4.79 Å². The van der Waals surface area contributed by atoms with Crippen molar-refractivity contribution in [2.24, 2.45) is 0 Å². The van der Waals surface area contributed by atoms with Gasteiger partial charge in [-0.25, -0.2) is 0 Å². The van der Waals surface area contributed by atoms with Gasteiger partial charge in [0.15, 0.2) is 5.16 Å². The zero-order chi connectivity index (χ0) is 20.2. The molecule has 1 saturated carbocycles. The molecule has 29 heavy (non-hydrogen) atoms. The van der Waals surface area contributed by atoms with Crippen LogP contribution in [-0.4, -0.2) is 26.4 Å². The molecule has 1 aliphatic rings. The van der Waals surface area contributed by atoms with E-state index in [2.05, 4.69) is 32.2 Å². The Hall–Kier alpha value is -2.02. The summed E-state index contributed by atoms with van der Waals surface area (Å²) in [4.78, 5) is 12.3. The smallest absolute Gasteiger partial charge is 0.230 e. The summed E-state index contributed by atoms with van der Waals surface area (Å²) in [5.41, 5.74) is 2.02. The van der Waals surface area contributed by atoms with Crippen LogP contribution in [0.4, 0.5) is 0 Å². The predicted molar refractivity (Wildman–Crippen MR) is 117 cm³/mol. The molecule has 1 aromatic heterocycles. The fourth-order valence-electron chi connectivity index (χ4n) is 3.00. The van der Waals surface area contributed by atoms with Crippen LogP contribution in [-0.2, 0) is 17.9 Å². The summed E-state index contributed by atoms with van der Waals surface area (Å²) in [6.07, 6.45) is 2.31. The number of hydrogen-bond donors (Lipinski definition) is 1. The predicted octanol–water partition coefficient (Wildman–Crippen LogP) is 4.92. The standard InChI is InChI=1S/C21H20Cl2N4OS/c22-17-9-8-16(18(23)10-17)11-24-19(28)13-29-21-26-25-20(15-6-7-15)27(21)12-14-4-2-1-3-5-14/h1-5,8-10,15H,6-7,11-13H2,(H,24,28). The minimum absolute atomic E-state index is 0.0803. The molecule has 0 atom stereocenters. The quantitative estimate of drug-likeness (QED) is 0.498. The van der Waals surface area contributed by atoms with Gasteiger partial charge in [-0.1, -0.05) is 71.4 Å². The molecule has 0 spiro atoms. The molecule has 0 unspecified atom stereocenters. The number of amides is 1. The highest BCUT2D eigenvalue weighted by molar-refractivity contribution is 7.99. The van der Waals surface area contributed by atoms with Gasteiger partial charge in [0, 0.05) is 22.5 Å². The molecule has 0 aliphatic heterocycles. The van der Waals surface area contributed by atoms with Crippen LogP contribution >= 0.6 is 35.0 Å². The highest BCUT2D eigenvalue weighted by atomic mass is 35.5. The first-order chi connectivity index (χ1) is 14.1. The van der Waals surface area contributed by atoms with Crippen molar-refractivity contribution in [3.63, 3.8) is 0 Å². The first kappa shape index (κ1) is 20.3. The lowest BCUT2D eigenvalue weighted by Crippen LogP contribution is -2.25. The number of benzene rings is 2. The molecule has 3 aromatic rings. The summed E-state index contributed by atoms with van der Waals surface area (Å²) < 4.78 is 2.14. The van der Waals surface area contributed by atoms with Crippen LogP contribution in [0.1, 0.15) is 35.7 Å². The second kappa shape index (κ2) is 9.20. The van der Waals surface area contributed by atoms with Gasteiger partial charge in [-0.15, -0.1) is 10.2 Å². The number of thioether (sulfide) groups is 1. The zero-order valence-electron chi connectivity index (χ0n) is 15.6. The number of carbonyl (C=O) groups excluding carboxylic acids is 1. The van der Waals surface area contributed by atoms with Crippen LogP contribution in [0.15, 0.2) is 53.7 Å². The fraction of sp³-hybridized carbons (Fsp3) is 0.286. The van der Waals surface area contributed by atoms with Gasteiger partial charge in [0.2, 0.25) is 5.91 Å². The molecule has 4 rings (SSSR count). The van der Waals surface area contributed by atoms with Gasteiger partial charge in [0.25, 0.3) is 0 Å². The first-order valence-electron chi connectivity index (χ1n) is 9.40. The average molecular weight is 447 g/mol. The molecule has 2 aromatic carbocycles. The average Bonchev–Trinajstić information content (AvgIpc) is 3.48. The number of carbonyl (C=O) groups is 1. The molecule has 1 N–H and O–H groups in total. The Kier molecular flexibility index (Phi) is 6.43. The molecule has 0 bridgehead atoms. The van der Waals surface area contributed by atoms with Crippen LogP contribution in [0.2, 0.25) is 10.0 Å². The van der Waals surface area contributed by atoms with Gasteiger partial charge in [-0.2, -0.15) is 0 Å². The summed E-state index contributed by atoms with van der Waals surface area (Å²) in [7, 11) is 0. The van der Waals surface area contributed by atoms with Crippen LogP contribution in [0.3, 0.4) is 0 Å². The maximum absolute atomic E-state index is 12.3. The van der Waals surface area contributed by atoms with Gasteiger partial charge in [0.1, 0.15) is 5.82 Å². The Morgan fingerprint density at radius 2 is 1.93 bits per heavy atom. The van der Waals surface area contributed by atoms with Crippen molar-refractivity contribution in [1.82, 2.24) is 20.1 Å². The third-order valence-electron chi connectivity index (χ3n) is 4.69. The summed E-state index contributed by atoms with van der Waals surface area (Å²) in [5.74, 6) is 1.69.